The highest BCUT2D eigenvalue weighted by molar-refractivity contribution is 5.79. The van der Waals surface area contributed by atoms with Crippen molar-refractivity contribution < 1.29 is 9.53 Å². The lowest BCUT2D eigenvalue weighted by atomic mass is 10.0. The second-order valence-electron chi connectivity index (χ2n) is 7.02. The summed E-state index contributed by atoms with van der Waals surface area (Å²) in [6.45, 7) is 8.44. The van der Waals surface area contributed by atoms with Gasteiger partial charge in [-0.2, -0.15) is 0 Å². The van der Waals surface area contributed by atoms with Crippen LogP contribution in [0.5, 0.6) is 0 Å². The summed E-state index contributed by atoms with van der Waals surface area (Å²) in [5.74, 6) is -0.0825. The summed E-state index contributed by atoms with van der Waals surface area (Å²) in [4.78, 5) is 12.4. The Bertz CT molecular complexity index is 715. The molecule has 26 heavy (non-hydrogen) atoms. The Kier molecular flexibility index (Phi) is 7.46. The number of hydrogen-bond acceptors (Lipinski definition) is 3. The standard InChI is InChI=1S/C23H29NO2/c1-17(2)22(24-21-14-10-19(4)11-15-21)23(25)26-16-6-5-7-20-12-8-18(3)9-13-20/h5-6,8-15,17,22,24H,7,16H2,1-4H3/t22-/m0/s1. The van der Waals surface area contributed by atoms with Gasteiger partial charge in [0.15, 0.2) is 0 Å². The first-order valence-corrected chi connectivity index (χ1v) is 9.16. The fourth-order valence-electron chi connectivity index (χ4n) is 2.56. The van der Waals surface area contributed by atoms with Crippen LogP contribution in [0.3, 0.4) is 0 Å². The monoisotopic (exact) mass is 351 g/mol. The molecule has 0 radical (unpaired) electrons. The number of rotatable bonds is 8. The summed E-state index contributed by atoms with van der Waals surface area (Å²) < 4.78 is 5.43. The minimum Gasteiger partial charge on any atom is -0.460 e. The number of aryl methyl sites for hydroxylation is 2. The third-order valence-electron chi connectivity index (χ3n) is 4.26. The molecule has 1 atom stereocenters. The highest BCUT2D eigenvalue weighted by atomic mass is 16.5. The Hall–Kier alpha value is -2.55. The Morgan fingerprint density at radius 1 is 0.962 bits per heavy atom. The fraction of sp³-hybridized carbons (Fsp3) is 0.348. The third kappa shape index (κ3) is 6.40. The summed E-state index contributed by atoms with van der Waals surface area (Å²) >= 11 is 0. The Balaban J connectivity index is 1.82. The van der Waals surface area contributed by atoms with E-state index in [9.17, 15) is 4.79 Å². The molecule has 2 rings (SSSR count). The highest BCUT2D eigenvalue weighted by Crippen LogP contribution is 2.15. The summed E-state index contributed by atoms with van der Waals surface area (Å²) in [6.07, 6.45) is 4.78. The molecule has 0 aliphatic carbocycles. The molecule has 0 bridgehead atoms. The first-order chi connectivity index (χ1) is 12.5. The van der Waals surface area contributed by atoms with Crippen molar-refractivity contribution in [1.82, 2.24) is 0 Å². The lowest BCUT2D eigenvalue weighted by molar-refractivity contribution is -0.144. The van der Waals surface area contributed by atoms with Gasteiger partial charge in [-0.25, -0.2) is 4.79 Å². The molecule has 0 heterocycles. The predicted molar refractivity (Wildman–Crippen MR) is 108 cm³/mol. The Labute approximate surface area is 157 Å². The molecule has 0 aliphatic rings. The molecule has 0 fully saturated rings. The average molecular weight is 351 g/mol. The number of anilines is 1. The lowest BCUT2D eigenvalue weighted by Gasteiger charge is -2.21. The average Bonchev–Trinajstić information content (AvgIpc) is 2.62. The molecule has 2 aromatic carbocycles. The van der Waals surface area contributed by atoms with Gasteiger partial charge < -0.3 is 10.1 Å². The number of allylic oxidation sites excluding steroid dienone is 1. The number of benzene rings is 2. The fourth-order valence-corrected chi connectivity index (χ4v) is 2.56. The molecule has 3 heteroatoms. The van der Waals surface area contributed by atoms with Crippen LogP contribution in [-0.4, -0.2) is 18.6 Å². The van der Waals surface area contributed by atoms with Gasteiger partial charge in [-0.1, -0.05) is 73.5 Å². The van der Waals surface area contributed by atoms with Gasteiger partial charge >= 0.3 is 5.97 Å². The zero-order valence-corrected chi connectivity index (χ0v) is 16.2. The maximum atomic E-state index is 12.4. The summed E-state index contributed by atoms with van der Waals surface area (Å²) in [6, 6.07) is 16.1. The SMILES string of the molecule is Cc1ccc(CC=CCOC(=O)[C@@H](Nc2ccc(C)cc2)C(C)C)cc1. The van der Waals surface area contributed by atoms with Gasteiger partial charge in [0.2, 0.25) is 0 Å². The number of nitrogens with one attached hydrogen (secondary N) is 1. The van der Waals surface area contributed by atoms with Crippen molar-refractivity contribution in [2.24, 2.45) is 5.92 Å². The van der Waals surface area contributed by atoms with Crippen LogP contribution in [0.15, 0.2) is 60.7 Å². The van der Waals surface area contributed by atoms with Crippen molar-refractivity contribution in [2.75, 3.05) is 11.9 Å². The smallest absolute Gasteiger partial charge is 0.329 e. The molecule has 0 spiro atoms. The van der Waals surface area contributed by atoms with E-state index < -0.39 is 0 Å². The van der Waals surface area contributed by atoms with Gasteiger partial charge in [-0.3, -0.25) is 0 Å². The summed E-state index contributed by atoms with van der Waals surface area (Å²) in [5.41, 5.74) is 4.63. The minimum absolute atomic E-state index is 0.139. The van der Waals surface area contributed by atoms with Crippen LogP contribution in [0, 0.1) is 19.8 Å². The molecule has 0 aromatic heterocycles. The maximum Gasteiger partial charge on any atom is 0.329 e. The molecule has 3 nitrogen and oxygen atoms in total. The molecule has 138 valence electrons. The van der Waals surface area contributed by atoms with Crippen LogP contribution in [0.1, 0.15) is 30.5 Å². The van der Waals surface area contributed by atoms with Gasteiger partial charge in [0.05, 0.1) is 0 Å². The van der Waals surface area contributed by atoms with Crippen molar-refractivity contribution in [3.63, 3.8) is 0 Å². The van der Waals surface area contributed by atoms with E-state index >= 15 is 0 Å². The number of ether oxygens (including phenoxy) is 1. The molecule has 0 amide bonds. The predicted octanol–water partition coefficient (Wildman–Crippen LogP) is 5.08. The van der Waals surface area contributed by atoms with Crippen molar-refractivity contribution in [1.29, 1.82) is 0 Å². The quantitative estimate of drug-likeness (QED) is 0.532. The minimum atomic E-state index is -0.358. The van der Waals surface area contributed by atoms with Gasteiger partial charge in [0.1, 0.15) is 12.6 Å². The number of carbonyl (C=O) groups is 1. The van der Waals surface area contributed by atoms with Crippen LogP contribution in [-0.2, 0) is 16.0 Å². The first-order valence-electron chi connectivity index (χ1n) is 9.16. The van der Waals surface area contributed by atoms with E-state index in [2.05, 4.69) is 36.5 Å². The lowest BCUT2D eigenvalue weighted by Crippen LogP contribution is -2.36. The Morgan fingerprint density at radius 2 is 1.54 bits per heavy atom. The largest absolute Gasteiger partial charge is 0.460 e. The third-order valence-corrected chi connectivity index (χ3v) is 4.26. The van der Waals surface area contributed by atoms with Crippen molar-refractivity contribution in [3.8, 4) is 0 Å². The van der Waals surface area contributed by atoms with Crippen LogP contribution in [0.25, 0.3) is 0 Å². The van der Waals surface area contributed by atoms with Gasteiger partial charge in [0, 0.05) is 5.69 Å². The van der Waals surface area contributed by atoms with Crippen LogP contribution in [0.4, 0.5) is 5.69 Å². The zero-order valence-electron chi connectivity index (χ0n) is 16.2. The van der Waals surface area contributed by atoms with Gasteiger partial charge in [-0.15, -0.1) is 0 Å². The molecular formula is C23H29NO2. The van der Waals surface area contributed by atoms with E-state index in [1.54, 1.807) is 0 Å². The summed E-state index contributed by atoms with van der Waals surface area (Å²) in [5, 5.41) is 3.28. The number of hydrogen-bond donors (Lipinski definition) is 1. The summed E-state index contributed by atoms with van der Waals surface area (Å²) in [7, 11) is 0. The molecule has 0 unspecified atom stereocenters. The van der Waals surface area contributed by atoms with Gasteiger partial charge in [0.25, 0.3) is 0 Å². The number of esters is 1. The van der Waals surface area contributed by atoms with Crippen LogP contribution < -0.4 is 5.32 Å². The van der Waals surface area contributed by atoms with E-state index in [0.29, 0.717) is 6.61 Å². The molecule has 1 N–H and O–H groups in total. The maximum absolute atomic E-state index is 12.4. The van der Waals surface area contributed by atoms with Crippen LogP contribution in [0.2, 0.25) is 0 Å². The van der Waals surface area contributed by atoms with Crippen molar-refractivity contribution in [2.45, 2.75) is 40.2 Å². The second kappa shape index (κ2) is 9.81. The molecular weight excluding hydrogens is 322 g/mol. The zero-order chi connectivity index (χ0) is 18.9. The van der Waals surface area contributed by atoms with Gasteiger partial charge in [-0.05, 0) is 43.9 Å². The molecule has 0 aliphatic heterocycles. The topological polar surface area (TPSA) is 38.3 Å². The van der Waals surface area contributed by atoms with E-state index in [0.717, 1.165) is 12.1 Å². The molecule has 2 aromatic rings. The second-order valence-corrected chi connectivity index (χ2v) is 7.02. The van der Waals surface area contributed by atoms with E-state index in [4.69, 9.17) is 4.74 Å². The Morgan fingerprint density at radius 3 is 2.12 bits per heavy atom. The highest BCUT2D eigenvalue weighted by Gasteiger charge is 2.23. The van der Waals surface area contributed by atoms with Crippen LogP contribution >= 0.6 is 0 Å². The van der Waals surface area contributed by atoms with Crippen molar-refractivity contribution in [3.05, 3.63) is 77.4 Å². The number of carbonyl (C=O) groups excluding carboxylic acids is 1. The van der Waals surface area contributed by atoms with E-state index in [1.165, 1.54) is 16.7 Å². The molecule has 0 saturated carbocycles. The first kappa shape index (κ1) is 19.8. The molecule has 0 saturated heterocycles. The van der Waals surface area contributed by atoms with E-state index in [1.807, 2.05) is 57.2 Å². The van der Waals surface area contributed by atoms with E-state index in [-0.39, 0.29) is 17.9 Å². The van der Waals surface area contributed by atoms with Crippen molar-refractivity contribution >= 4 is 11.7 Å². The normalized spacial score (nSPS) is 12.3.